The van der Waals surface area contributed by atoms with Gasteiger partial charge in [-0.1, -0.05) is 26.8 Å². The van der Waals surface area contributed by atoms with E-state index in [1.54, 1.807) is 34.0 Å². The molecule has 2 aromatic heterocycles. The van der Waals surface area contributed by atoms with Crippen molar-refractivity contribution >= 4 is 22.5 Å². The van der Waals surface area contributed by atoms with Crippen LogP contribution in [0.1, 0.15) is 46.1 Å². The fraction of sp³-hybridized carbons (Fsp3) is 0.462. The molecule has 4 aliphatic rings. The van der Waals surface area contributed by atoms with E-state index in [0.717, 1.165) is 12.1 Å². The summed E-state index contributed by atoms with van der Waals surface area (Å²) in [7, 11) is 1.50. The molecule has 2 aromatic carbocycles. The van der Waals surface area contributed by atoms with Crippen molar-refractivity contribution in [1.82, 2.24) is 24.3 Å². The minimum absolute atomic E-state index is 0.00256. The SMILES string of the molecule is COc1ccc(CCn2c(-c3cccnc3)nc3cc(N(C(=N)N4CCN(C#N)[C@@H](C)C4)[C@H]4C[C@H]5C[C@@H]([C@@H]4C)C5(C)C)ccc3c2=O)c(F)c1. The summed E-state index contributed by atoms with van der Waals surface area (Å²) in [5.41, 5.74) is 2.59. The molecule has 4 fully saturated rings. The number of hydrogen-bond acceptors (Lipinski definition) is 7. The second-order valence-corrected chi connectivity index (χ2v) is 14.8. The average Bonchev–Trinajstić information content (AvgIpc) is 3.12. The Hall–Kier alpha value is -4.98. The van der Waals surface area contributed by atoms with E-state index in [4.69, 9.17) is 9.72 Å². The minimum Gasteiger partial charge on any atom is -0.497 e. The summed E-state index contributed by atoms with van der Waals surface area (Å²) < 4.78 is 21.7. The molecule has 1 aliphatic heterocycles. The first-order valence-corrected chi connectivity index (χ1v) is 17.6. The summed E-state index contributed by atoms with van der Waals surface area (Å²) in [5, 5.41) is 19.7. The number of piperazine rings is 1. The van der Waals surface area contributed by atoms with Crippen molar-refractivity contribution in [1.29, 1.82) is 10.7 Å². The first-order valence-electron chi connectivity index (χ1n) is 17.6. The van der Waals surface area contributed by atoms with E-state index in [2.05, 4.69) is 41.7 Å². The molecule has 50 heavy (non-hydrogen) atoms. The van der Waals surface area contributed by atoms with Crippen LogP contribution in [0.5, 0.6) is 5.75 Å². The van der Waals surface area contributed by atoms with Crippen LogP contribution in [-0.4, -0.2) is 69.1 Å². The van der Waals surface area contributed by atoms with Gasteiger partial charge in [-0.15, -0.1) is 0 Å². The monoisotopic (exact) mass is 676 g/mol. The standard InChI is InChI=1S/C39H45FN8O2/c1-24-22-45(15-16-46(24)23-41)38(42)48(35-18-28-17-32(25(35)2)39(28,3)4)29-9-11-31-34(19-29)44-36(27-7-6-13-43-21-27)47(37(31)49)14-12-26-8-10-30(50-5)20-33(26)40/h6-11,13,19-21,24-25,28,32,35,42H,12,14-18,22H2,1-5H3/t24-,25-,28+,32-,35-/m0/s1. The van der Waals surface area contributed by atoms with Crippen molar-refractivity contribution < 1.29 is 9.13 Å². The van der Waals surface area contributed by atoms with Crippen molar-refractivity contribution in [2.45, 2.75) is 65.6 Å². The van der Waals surface area contributed by atoms with Crippen molar-refractivity contribution in [3.63, 3.8) is 0 Å². The highest BCUT2D eigenvalue weighted by Crippen LogP contribution is 2.62. The lowest BCUT2D eigenvalue weighted by molar-refractivity contribution is -0.108. The molecule has 3 heterocycles. The summed E-state index contributed by atoms with van der Waals surface area (Å²) in [5.74, 6) is 2.43. The van der Waals surface area contributed by atoms with Crippen molar-refractivity contribution in [3.8, 4) is 23.3 Å². The van der Waals surface area contributed by atoms with Crippen LogP contribution in [0, 0.1) is 45.9 Å². The molecular weight excluding hydrogens is 631 g/mol. The maximum Gasteiger partial charge on any atom is 0.261 e. The fourth-order valence-corrected chi connectivity index (χ4v) is 8.76. The van der Waals surface area contributed by atoms with Crippen LogP contribution in [-0.2, 0) is 13.0 Å². The van der Waals surface area contributed by atoms with E-state index in [1.807, 2.05) is 37.3 Å². The molecule has 0 radical (unpaired) electrons. The van der Waals surface area contributed by atoms with Crippen LogP contribution in [0.15, 0.2) is 65.7 Å². The molecular formula is C39H45FN8O2. The molecule has 260 valence electrons. The number of anilines is 1. The number of methoxy groups -OCH3 is 1. The quantitative estimate of drug-likeness (QED) is 0.141. The predicted molar refractivity (Wildman–Crippen MR) is 192 cm³/mol. The number of nitriles is 1. The van der Waals surface area contributed by atoms with E-state index in [1.165, 1.54) is 19.6 Å². The Morgan fingerprint density at radius 2 is 1.98 bits per heavy atom. The van der Waals surface area contributed by atoms with E-state index in [9.17, 15) is 19.9 Å². The zero-order chi connectivity index (χ0) is 35.3. The van der Waals surface area contributed by atoms with Crippen LogP contribution in [0.3, 0.4) is 0 Å². The maximum atomic E-state index is 14.9. The number of nitrogens with zero attached hydrogens (tertiary/aromatic N) is 7. The number of pyridine rings is 1. The lowest BCUT2D eigenvalue weighted by Gasteiger charge is -2.63. The third-order valence-electron chi connectivity index (χ3n) is 11.9. The van der Waals surface area contributed by atoms with Gasteiger partial charge in [0, 0.05) is 61.9 Å². The molecule has 0 spiro atoms. The molecule has 3 saturated carbocycles. The molecule has 1 saturated heterocycles. The summed E-state index contributed by atoms with van der Waals surface area (Å²) in [6.45, 7) is 11.1. The lowest BCUT2D eigenvalue weighted by Crippen LogP contribution is -2.64. The van der Waals surface area contributed by atoms with Gasteiger partial charge < -0.3 is 19.4 Å². The number of hydrogen-bond donors (Lipinski definition) is 1. The predicted octanol–water partition coefficient (Wildman–Crippen LogP) is 6.15. The molecule has 1 N–H and O–H groups in total. The number of benzene rings is 2. The molecule has 10 nitrogen and oxygen atoms in total. The van der Waals surface area contributed by atoms with Gasteiger partial charge in [-0.05, 0) is 91.3 Å². The summed E-state index contributed by atoms with van der Waals surface area (Å²) in [6, 6.07) is 14.3. The Morgan fingerprint density at radius 3 is 2.64 bits per heavy atom. The zero-order valence-electron chi connectivity index (χ0n) is 29.4. The van der Waals surface area contributed by atoms with Crippen molar-refractivity contribution in [3.05, 3.63) is 82.7 Å². The molecule has 8 rings (SSSR count). The Morgan fingerprint density at radius 1 is 1.16 bits per heavy atom. The minimum atomic E-state index is -0.386. The number of nitrogens with one attached hydrogen (secondary N) is 1. The highest BCUT2D eigenvalue weighted by molar-refractivity contribution is 5.97. The smallest absolute Gasteiger partial charge is 0.261 e. The number of aryl methyl sites for hydroxylation is 1. The average molecular weight is 677 g/mol. The third-order valence-corrected chi connectivity index (χ3v) is 11.9. The van der Waals surface area contributed by atoms with Gasteiger partial charge in [0.05, 0.1) is 24.1 Å². The third kappa shape index (κ3) is 5.74. The van der Waals surface area contributed by atoms with E-state index in [-0.39, 0.29) is 41.8 Å². The van der Waals surface area contributed by atoms with E-state index in [0.29, 0.717) is 77.0 Å². The second kappa shape index (κ2) is 13.0. The first kappa shape index (κ1) is 33.5. The molecule has 0 unspecified atom stereocenters. The molecule has 11 heteroatoms. The summed E-state index contributed by atoms with van der Waals surface area (Å²) >= 11 is 0. The Balaban J connectivity index is 1.30. The number of ether oxygens (including phenoxy) is 1. The Bertz CT molecular complexity index is 2020. The molecule has 5 atom stereocenters. The van der Waals surface area contributed by atoms with Gasteiger partial charge in [-0.2, -0.15) is 5.26 Å². The van der Waals surface area contributed by atoms with Crippen LogP contribution >= 0.6 is 0 Å². The van der Waals surface area contributed by atoms with Gasteiger partial charge in [0.25, 0.3) is 5.56 Å². The largest absolute Gasteiger partial charge is 0.497 e. The van der Waals surface area contributed by atoms with E-state index < -0.39 is 0 Å². The van der Waals surface area contributed by atoms with Gasteiger partial charge in [0.2, 0.25) is 0 Å². The van der Waals surface area contributed by atoms with Gasteiger partial charge in [-0.3, -0.25) is 19.8 Å². The number of fused-ring (bicyclic) bond motifs is 3. The Labute approximate surface area is 292 Å². The molecule has 4 aromatic rings. The van der Waals surface area contributed by atoms with E-state index >= 15 is 0 Å². The van der Waals surface area contributed by atoms with Crippen LogP contribution in [0.2, 0.25) is 0 Å². The number of halogens is 1. The van der Waals surface area contributed by atoms with Crippen LogP contribution in [0.25, 0.3) is 22.3 Å². The summed E-state index contributed by atoms with van der Waals surface area (Å²) in [4.78, 5) is 29.7. The summed E-state index contributed by atoms with van der Waals surface area (Å²) in [6.07, 6.45) is 8.14. The fourth-order valence-electron chi connectivity index (χ4n) is 8.76. The molecule has 0 amide bonds. The van der Waals surface area contributed by atoms with Crippen LogP contribution in [0.4, 0.5) is 10.1 Å². The van der Waals surface area contributed by atoms with Gasteiger partial charge >= 0.3 is 0 Å². The van der Waals surface area contributed by atoms with Gasteiger partial charge in [0.1, 0.15) is 17.4 Å². The lowest BCUT2D eigenvalue weighted by atomic mass is 9.44. The second-order valence-electron chi connectivity index (χ2n) is 14.8. The van der Waals surface area contributed by atoms with Crippen molar-refractivity contribution in [2.75, 3.05) is 31.6 Å². The normalized spacial score (nSPS) is 24.0. The molecule has 3 aliphatic carbocycles. The highest BCUT2D eigenvalue weighted by atomic mass is 19.1. The Kier molecular flexibility index (Phi) is 8.75. The topological polar surface area (TPSA) is 114 Å². The van der Waals surface area contributed by atoms with Gasteiger partial charge in [-0.25, -0.2) is 9.37 Å². The van der Waals surface area contributed by atoms with Gasteiger partial charge in [0.15, 0.2) is 12.2 Å². The number of guanidine groups is 1. The highest BCUT2D eigenvalue weighted by Gasteiger charge is 2.58. The number of rotatable bonds is 7. The zero-order valence-corrected chi connectivity index (χ0v) is 29.4. The molecule has 2 bridgehead atoms. The maximum absolute atomic E-state index is 14.9. The van der Waals surface area contributed by atoms with Crippen LogP contribution < -0.4 is 15.2 Å². The van der Waals surface area contributed by atoms with Crippen molar-refractivity contribution in [2.24, 2.45) is 23.2 Å². The number of aromatic nitrogens is 3. The first-order chi connectivity index (χ1) is 24.0.